The Bertz CT molecular complexity index is 483. The zero-order chi connectivity index (χ0) is 14.7. The molecular formula is C15H21ClN2O2. The first kappa shape index (κ1) is 15.3. The molecule has 0 unspecified atom stereocenters. The van der Waals surface area contributed by atoms with Crippen LogP contribution in [0.2, 0.25) is 5.02 Å². The Morgan fingerprint density at radius 3 is 2.65 bits per heavy atom. The number of morpholine rings is 1. The predicted molar refractivity (Wildman–Crippen MR) is 81.3 cm³/mol. The summed E-state index contributed by atoms with van der Waals surface area (Å²) >= 11 is 5.91. The molecule has 1 saturated heterocycles. The Hall–Kier alpha value is -1.10. The number of aryl methyl sites for hydroxylation is 1. The van der Waals surface area contributed by atoms with Gasteiger partial charge in [0.15, 0.2) is 0 Å². The highest BCUT2D eigenvalue weighted by Gasteiger charge is 2.23. The number of rotatable bonds is 3. The Labute approximate surface area is 125 Å². The summed E-state index contributed by atoms with van der Waals surface area (Å²) in [5, 5.41) is 3.61. The van der Waals surface area contributed by atoms with Gasteiger partial charge in [0.25, 0.3) is 0 Å². The molecule has 1 heterocycles. The molecule has 1 amide bonds. The van der Waals surface area contributed by atoms with Gasteiger partial charge in [-0.1, -0.05) is 11.6 Å². The van der Waals surface area contributed by atoms with Crippen molar-refractivity contribution in [2.75, 3.05) is 25.0 Å². The number of ether oxygens (including phenoxy) is 1. The molecule has 0 bridgehead atoms. The Balaban J connectivity index is 1.92. The summed E-state index contributed by atoms with van der Waals surface area (Å²) in [4.78, 5) is 14.2. The number of hydrogen-bond donors (Lipinski definition) is 1. The van der Waals surface area contributed by atoms with Crippen molar-refractivity contribution in [3.63, 3.8) is 0 Å². The largest absolute Gasteiger partial charge is 0.373 e. The molecule has 0 aromatic heterocycles. The summed E-state index contributed by atoms with van der Waals surface area (Å²) in [6.07, 6.45) is 0.340. The normalized spacial score (nSPS) is 23.6. The highest BCUT2D eigenvalue weighted by Crippen LogP contribution is 2.19. The second-order valence-corrected chi connectivity index (χ2v) is 5.90. The van der Waals surface area contributed by atoms with Gasteiger partial charge in [-0.3, -0.25) is 9.69 Å². The molecule has 1 fully saturated rings. The summed E-state index contributed by atoms with van der Waals surface area (Å²) in [5.41, 5.74) is 1.78. The average Bonchev–Trinajstić information content (AvgIpc) is 2.31. The molecule has 5 heteroatoms. The van der Waals surface area contributed by atoms with Crippen LogP contribution in [0.1, 0.15) is 19.4 Å². The fraction of sp³-hybridized carbons (Fsp3) is 0.533. The number of anilines is 1. The molecule has 1 N–H and O–H groups in total. The summed E-state index contributed by atoms with van der Waals surface area (Å²) in [5.74, 6) is -0.00303. The first-order valence-electron chi connectivity index (χ1n) is 6.88. The van der Waals surface area contributed by atoms with E-state index in [4.69, 9.17) is 16.3 Å². The van der Waals surface area contributed by atoms with E-state index >= 15 is 0 Å². The van der Waals surface area contributed by atoms with Gasteiger partial charge in [0.2, 0.25) is 5.91 Å². The third-order valence-electron chi connectivity index (χ3n) is 3.32. The molecule has 1 aromatic carbocycles. The maximum absolute atomic E-state index is 12.1. The maximum atomic E-state index is 12.1. The maximum Gasteiger partial charge on any atom is 0.238 e. The number of carbonyl (C=O) groups is 1. The standard InChI is InChI=1S/C15H21ClN2O2/c1-10-6-13(16)4-5-14(10)17-15(19)9-18-7-11(2)20-12(3)8-18/h4-6,11-12H,7-9H2,1-3H3,(H,17,19)/t11-,12-/m0/s1. The Morgan fingerprint density at radius 1 is 1.40 bits per heavy atom. The second kappa shape index (κ2) is 6.57. The smallest absolute Gasteiger partial charge is 0.238 e. The van der Waals surface area contributed by atoms with Crippen molar-refractivity contribution in [1.82, 2.24) is 4.90 Å². The first-order valence-corrected chi connectivity index (χ1v) is 7.25. The van der Waals surface area contributed by atoms with Gasteiger partial charge in [-0.2, -0.15) is 0 Å². The van der Waals surface area contributed by atoms with Crippen LogP contribution in [0.15, 0.2) is 18.2 Å². The van der Waals surface area contributed by atoms with Crippen molar-refractivity contribution in [1.29, 1.82) is 0 Å². The minimum absolute atomic E-state index is 0.00303. The number of nitrogens with one attached hydrogen (secondary N) is 1. The van der Waals surface area contributed by atoms with Gasteiger partial charge in [-0.15, -0.1) is 0 Å². The van der Waals surface area contributed by atoms with Crippen molar-refractivity contribution in [3.8, 4) is 0 Å². The summed E-state index contributed by atoms with van der Waals surface area (Å²) in [6, 6.07) is 5.46. The van der Waals surface area contributed by atoms with Gasteiger partial charge in [0.05, 0.1) is 18.8 Å². The first-order chi connectivity index (χ1) is 9.44. The predicted octanol–water partition coefficient (Wildman–Crippen LogP) is 2.70. The van der Waals surface area contributed by atoms with E-state index < -0.39 is 0 Å². The lowest BCUT2D eigenvalue weighted by Gasteiger charge is -2.34. The number of benzene rings is 1. The lowest BCUT2D eigenvalue weighted by molar-refractivity contribution is -0.121. The van der Waals surface area contributed by atoms with Crippen molar-refractivity contribution >= 4 is 23.2 Å². The SMILES string of the molecule is Cc1cc(Cl)ccc1NC(=O)CN1C[C@H](C)O[C@@H](C)C1. The van der Waals surface area contributed by atoms with E-state index in [0.29, 0.717) is 11.6 Å². The minimum Gasteiger partial charge on any atom is -0.373 e. The molecule has 0 radical (unpaired) electrons. The van der Waals surface area contributed by atoms with E-state index in [1.165, 1.54) is 0 Å². The topological polar surface area (TPSA) is 41.6 Å². The molecule has 0 saturated carbocycles. The summed E-state index contributed by atoms with van der Waals surface area (Å²) in [7, 11) is 0. The minimum atomic E-state index is -0.00303. The van der Waals surface area contributed by atoms with Crippen LogP contribution in [0, 0.1) is 6.92 Å². The van der Waals surface area contributed by atoms with E-state index in [1.807, 2.05) is 32.9 Å². The molecule has 110 valence electrons. The van der Waals surface area contributed by atoms with E-state index in [1.54, 1.807) is 6.07 Å². The van der Waals surface area contributed by atoms with E-state index in [2.05, 4.69) is 10.2 Å². The molecule has 0 spiro atoms. The Morgan fingerprint density at radius 2 is 2.05 bits per heavy atom. The zero-order valence-corrected chi connectivity index (χ0v) is 12.9. The molecule has 20 heavy (non-hydrogen) atoms. The van der Waals surface area contributed by atoms with Crippen LogP contribution in [0.5, 0.6) is 0 Å². The van der Waals surface area contributed by atoms with Gasteiger partial charge in [-0.25, -0.2) is 0 Å². The summed E-state index contributed by atoms with van der Waals surface area (Å²) in [6.45, 7) is 7.96. The quantitative estimate of drug-likeness (QED) is 0.932. The van der Waals surface area contributed by atoms with Crippen LogP contribution in [-0.2, 0) is 9.53 Å². The van der Waals surface area contributed by atoms with Crippen LogP contribution in [0.3, 0.4) is 0 Å². The number of carbonyl (C=O) groups excluding carboxylic acids is 1. The zero-order valence-electron chi connectivity index (χ0n) is 12.1. The third-order valence-corrected chi connectivity index (χ3v) is 3.56. The van der Waals surface area contributed by atoms with Gasteiger partial charge in [-0.05, 0) is 44.5 Å². The van der Waals surface area contributed by atoms with Crippen molar-refractivity contribution < 1.29 is 9.53 Å². The van der Waals surface area contributed by atoms with E-state index in [-0.39, 0.29) is 18.1 Å². The molecule has 1 aromatic rings. The lowest BCUT2D eigenvalue weighted by Crippen LogP contribution is -2.48. The number of halogens is 1. The van der Waals surface area contributed by atoms with Crippen molar-refractivity contribution in [2.24, 2.45) is 0 Å². The Kier molecular flexibility index (Phi) is 5.02. The van der Waals surface area contributed by atoms with Crippen LogP contribution in [0.4, 0.5) is 5.69 Å². The van der Waals surface area contributed by atoms with E-state index in [9.17, 15) is 4.79 Å². The average molecular weight is 297 g/mol. The second-order valence-electron chi connectivity index (χ2n) is 5.46. The molecule has 2 rings (SSSR count). The van der Waals surface area contributed by atoms with E-state index in [0.717, 1.165) is 24.3 Å². The molecule has 1 aliphatic heterocycles. The number of nitrogens with zero attached hydrogens (tertiary/aromatic N) is 1. The molecular weight excluding hydrogens is 276 g/mol. The van der Waals surface area contributed by atoms with Gasteiger partial charge < -0.3 is 10.1 Å². The lowest BCUT2D eigenvalue weighted by atomic mass is 10.2. The van der Waals surface area contributed by atoms with Crippen LogP contribution >= 0.6 is 11.6 Å². The highest BCUT2D eigenvalue weighted by molar-refractivity contribution is 6.30. The van der Waals surface area contributed by atoms with Crippen LogP contribution in [-0.4, -0.2) is 42.6 Å². The molecule has 1 aliphatic rings. The summed E-state index contributed by atoms with van der Waals surface area (Å²) < 4.78 is 5.66. The number of amides is 1. The van der Waals surface area contributed by atoms with Gasteiger partial charge in [0.1, 0.15) is 0 Å². The number of hydrogen-bond acceptors (Lipinski definition) is 3. The molecule has 0 aliphatic carbocycles. The molecule has 2 atom stereocenters. The molecule has 4 nitrogen and oxygen atoms in total. The fourth-order valence-corrected chi connectivity index (χ4v) is 2.80. The van der Waals surface area contributed by atoms with Crippen LogP contribution in [0.25, 0.3) is 0 Å². The third kappa shape index (κ3) is 4.20. The van der Waals surface area contributed by atoms with Crippen molar-refractivity contribution in [3.05, 3.63) is 28.8 Å². The monoisotopic (exact) mass is 296 g/mol. The fourth-order valence-electron chi connectivity index (χ4n) is 2.57. The van der Waals surface area contributed by atoms with Crippen LogP contribution < -0.4 is 5.32 Å². The van der Waals surface area contributed by atoms with Gasteiger partial charge in [0, 0.05) is 23.8 Å². The van der Waals surface area contributed by atoms with Gasteiger partial charge >= 0.3 is 0 Å². The highest BCUT2D eigenvalue weighted by atomic mass is 35.5. The van der Waals surface area contributed by atoms with Crippen molar-refractivity contribution in [2.45, 2.75) is 33.0 Å².